The molecule has 14 heavy (non-hydrogen) atoms. The largest absolute Gasteiger partial charge is 0.393 e. The lowest BCUT2D eigenvalue weighted by Gasteiger charge is -2.39. The third kappa shape index (κ3) is 2.43. The molecule has 0 radical (unpaired) electrons. The zero-order chi connectivity index (χ0) is 10.9. The average Bonchev–Trinajstić information content (AvgIpc) is 2.10. The van der Waals surface area contributed by atoms with Crippen LogP contribution in [0.5, 0.6) is 0 Å². The summed E-state index contributed by atoms with van der Waals surface area (Å²) in [5, 5.41) is 37.5. The predicted octanol–water partition coefficient (Wildman–Crippen LogP) is -1.37. The molecule has 6 atom stereocenters. The highest BCUT2D eigenvalue weighted by molar-refractivity contribution is 4.90. The first-order valence-corrected chi connectivity index (χ1v) is 4.81. The fraction of sp³-hybridized carbons (Fsp3) is 1.00. The molecule has 0 amide bonds. The highest BCUT2D eigenvalue weighted by Gasteiger charge is 2.41. The molecule has 0 bridgehead atoms. The Kier molecular flexibility index (Phi) is 3.86. The van der Waals surface area contributed by atoms with Gasteiger partial charge in [0, 0.05) is 6.42 Å². The van der Waals surface area contributed by atoms with Gasteiger partial charge >= 0.3 is 0 Å². The molecule has 0 spiro atoms. The number of aliphatic hydroxyl groups is 4. The Morgan fingerprint density at radius 3 is 2.21 bits per heavy atom. The van der Waals surface area contributed by atoms with E-state index in [1.165, 1.54) is 0 Å². The second-order valence-electron chi connectivity index (χ2n) is 3.94. The smallest absolute Gasteiger partial charge is 0.111 e. The van der Waals surface area contributed by atoms with E-state index in [-0.39, 0.29) is 6.42 Å². The van der Waals surface area contributed by atoms with Gasteiger partial charge in [0.05, 0.1) is 18.3 Å². The van der Waals surface area contributed by atoms with E-state index in [0.29, 0.717) is 0 Å². The van der Waals surface area contributed by atoms with Gasteiger partial charge < -0.3 is 25.2 Å². The van der Waals surface area contributed by atoms with Crippen LogP contribution >= 0.6 is 0 Å². The van der Waals surface area contributed by atoms with Gasteiger partial charge in [0.15, 0.2) is 0 Å². The summed E-state index contributed by atoms with van der Waals surface area (Å²) < 4.78 is 5.27. The van der Waals surface area contributed by atoms with Crippen molar-refractivity contribution in [1.82, 2.24) is 0 Å². The van der Waals surface area contributed by atoms with Crippen molar-refractivity contribution >= 4 is 0 Å². The Morgan fingerprint density at radius 2 is 1.71 bits per heavy atom. The summed E-state index contributed by atoms with van der Waals surface area (Å²) in [6.45, 7) is 3.20. The van der Waals surface area contributed by atoms with E-state index in [0.717, 1.165) is 0 Å². The molecule has 0 aromatic carbocycles. The summed E-state index contributed by atoms with van der Waals surface area (Å²) in [5.41, 5.74) is 0. The lowest BCUT2D eigenvalue weighted by atomic mass is 9.93. The molecular weight excluding hydrogens is 188 g/mol. The number of hydrogen-bond donors (Lipinski definition) is 4. The van der Waals surface area contributed by atoms with Crippen LogP contribution in [0.1, 0.15) is 20.3 Å². The predicted molar refractivity (Wildman–Crippen MR) is 48.7 cm³/mol. The van der Waals surface area contributed by atoms with Crippen molar-refractivity contribution < 1.29 is 25.2 Å². The molecule has 84 valence electrons. The summed E-state index contributed by atoms with van der Waals surface area (Å²) in [6.07, 6.45) is -4.94. The van der Waals surface area contributed by atoms with Gasteiger partial charge in [-0.15, -0.1) is 0 Å². The Bertz CT molecular complexity index is 184. The van der Waals surface area contributed by atoms with E-state index >= 15 is 0 Å². The quantitative estimate of drug-likeness (QED) is 0.447. The van der Waals surface area contributed by atoms with E-state index in [4.69, 9.17) is 9.84 Å². The van der Waals surface area contributed by atoms with Crippen LogP contribution in [0.3, 0.4) is 0 Å². The van der Waals surface area contributed by atoms with Crippen LogP contribution in [0.4, 0.5) is 0 Å². The molecule has 1 aliphatic rings. The van der Waals surface area contributed by atoms with E-state index in [2.05, 4.69) is 0 Å². The number of ether oxygens (including phenoxy) is 1. The van der Waals surface area contributed by atoms with Gasteiger partial charge in [0.1, 0.15) is 18.3 Å². The average molecular weight is 206 g/mol. The van der Waals surface area contributed by atoms with Crippen LogP contribution in [0, 0.1) is 0 Å². The molecule has 0 saturated carbocycles. The van der Waals surface area contributed by atoms with Gasteiger partial charge in [-0.25, -0.2) is 0 Å². The second-order valence-corrected chi connectivity index (χ2v) is 3.94. The van der Waals surface area contributed by atoms with Gasteiger partial charge in [0.2, 0.25) is 0 Å². The van der Waals surface area contributed by atoms with Gasteiger partial charge in [0.25, 0.3) is 0 Å². The van der Waals surface area contributed by atoms with Gasteiger partial charge in [-0.2, -0.15) is 0 Å². The molecule has 0 aliphatic carbocycles. The van der Waals surface area contributed by atoms with Crippen molar-refractivity contribution in [1.29, 1.82) is 0 Å². The van der Waals surface area contributed by atoms with E-state index in [1.54, 1.807) is 13.8 Å². The number of rotatable bonds is 2. The van der Waals surface area contributed by atoms with Crippen LogP contribution < -0.4 is 0 Å². The summed E-state index contributed by atoms with van der Waals surface area (Å²) >= 11 is 0. The Labute approximate surface area is 82.9 Å². The lowest BCUT2D eigenvalue weighted by molar-refractivity contribution is -0.222. The molecule has 1 heterocycles. The van der Waals surface area contributed by atoms with Gasteiger partial charge in [-0.05, 0) is 13.8 Å². The maximum absolute atomic E-state index is 9.53. The SMILES string of the molecule is CC(O)C[C@@H]1O[C@@H](C)[C@@H](O)[C@@H](O)[C@@H]1O. The third-order valence-electron chi connectivity index (χ3n) is 2.52. The van der Waals surface area contributed by atoms with Crippen molar-refractivity contribution in [3.05, 3.63) is 0 Å². The zero-order valence-corrected chi connectivity index (χ0v) is 8.37. The molecule has 4 N–H and O–H groups in total. The minimum Gasteiger partial charge on any atom is -0.393 e. The van der Waals surface area contributed by atoms with Crippen molar-refractivity contribution in [2.45, 2.75) is 56.9 Å². The molecule has 5 heteroatoms. The minimum atomic E-state index is -1.21. The third-order valence-corrected chi connectivity index (χ3v) is 2.52. The Morgan fingerprint density at radius 1 is 1.14 bits per heavy atom. The molecule has 1 saturated heterocycles. The second kappa shape index (κ2) is 4.55. The first-order chi connectivity index (χ1) is 6.43. The molecule has 1 aliphatic heterocycles. The van der Waals surface area contributed by atoms with E-state index in [9.17, 15) is 15.3 Å². The van der Waals surface area contributed by atoms with Gasteiger partial charge in [-0.3, -0.25) is 0 Å². The van der Waals surface area contributed by atoms with Crippen LogP contribution in [-0.4, -0.2) is 57.0 Å². The lowest BCUT2D eigenvalue weighted by Crippen LogP contribution is -2.57. The number of aliphatic hydroxyl groups excluding tert-OH is 4. The van der Waals surface area contributed by atoms with E-state index in [1.807, 2.05) is 0 Å². The standard InChI is InChI=1S/C9H18O5/c1-4(10)3-6-8(12)9(13)7(11)5(2)14-6/h4-13H,3H2,1-2H3/t4?,5-,6-,7+,8+,9+/m0/s1. The molecule has 1 unspecified atom stereocenters. The minimum absolute atomic E-state index is 0.245. The molecular formula is C9H18O5. The number of hydrogen-bond acceptors (Lipinski definition) is 5. The summed E-state index contributed by atoms with van der Waals surface area (Å²) in [5.74, 6) is 0. The first kappa shape index (κ1) is 11.9. The molecule has 5 nitrogen and oxygen atoms in total. The highest BCUT2D eigenvalue weighted by atomic mass is 16.5. The molecule has 0 aromatic heterocycles. The summed E-state index contributed by atoms with van der Waals surface area (Å²) in [6, 6.07) is 0. The maximum Gasteiger partial charge on any atom is 0.111 e. The first-order valence-electron chi connectivity index (χ1n) is 4.81. The summed E-state index contributed by atoms with van der Waals surface area (Å²) in [7, 11) is 0. The molecule has 1 fully saturated rings. The zero-order valence-electron chi connectivity index (χ0n) is 8.37. The monoisotopic (exact) mass is 206 g/mol. The molecule has 1 rings (SSSR count). The normalized spacial score (nSPS) is 46.3. The van der Waals surface area contributed by atoms with Crippen molar-refractivity contribution in [3.8, 4) is 0 Å². The van der Waals surface area contributed by atoms with E-state index < -0.39 is 36.6 Å². The van der Waals surface area contributed by atoms with Crippen molar-refractivity contribution in [2.75, 3.05) is 0 Å². The van der Waals surface area contributed by atoms with Crippen molar-refractivity contribution in [3.63, 3.8) is 0 Å². The highest BCUT2D eigenvalue weighted by Crippen LogP contribution is 2.23. The summed E-state index contributed by atoms with van der Waals surface area (Å²) in [4.78, 5) is 0. The van der Waals surface area contributed by atoms with Crippen LogP contribution in [0.25, 0.3) is 0 Å². The van der Waals surface area contributed by atoms with Crippen LogP contribution in [0.15, 0.2) is 0 Å². The Balaban J connectivity index is 2.60. The van der Waals surface area contributed by atoms with Crippen LogP contribution in [-0.2, 0) is 4.74 Å². The fourth-order valence-electron chi connectivity index (χ4n) is 1.67. The van der Waals surface area contributed by atoms with Crippen LogP contribution in [0.2, 0.25) is 0 Å². The van der Waals surface area contributed by atoms with Crippen molar-refractivity contribution in [2.24, 2.45) is 0 Å². The topological polar surface area (TPSA) is 90.2 Å². The molecule has 0 aromatic rings. The Hall–Kier alpha value is -0.200. The maximum atomic E-state index is 9.53. The fourth-order valence-corrected chi connectivity index (χ4v) is 1.67. The van der Waals surface area contributed by atoms with Gasteiger partial charge in [-0.1, -0.05) is 0 Å².